The van der Waals surface area contributed by atoms with E-state index in [2.05, 4.69) is 21.4 Å². The van der Waals surface area contributed by atoms with Crippen LogP contribution in [0.1, 0.15) is 27.0 Å². The summed E-state index contributed by atoms with van der Waals surface area (Å²) in [6.07, 6.45) is 2.06. The fourth-order valence-corrected chi connectivity index (χ4v) is 4.34. The lowest BCUT2D eigenvalue weighted by atomic mass is 10.0. The standard InChI is InChI=1S/C28H20FN5O3/c29-23-4-2-1-3-18(23)15-25(35)34-12-10-19-13-20(14-21(16-30)26(19)34)24-9-11-31-28(33-24)32-22-7-5-17(6-8-22)27(36)37/h1-9,11,13-14H,10,12,15H2,(H,36,37)(H,31,32,33). The number of benzene rings is 3. The molecule has 5 rings (SSSR count). The SMILES string of the molecule is N#Cc1cc(-c2ccnc(Nc3ccc(C(=O)O)cc3)n2)cc2c1N(C(=O)Cc1ccccc1F)CC2. The number of aromatic carboxylic acids is 1. The molecule has 0 aliphatic carbocycles. The number of fused-ring (bicyclic) bond motifs is 1. The second-order valence-electron chi connectivity index (χ2n) is 8.48. The van der Waals surface area contributed by atoms with E-state index in [1.54, 1.807) is 53.6 Å². The first-order chi connectivity index (χ1) is 17.9. The Kier molecular flexibility index (Phi) is 6.31. The van der Waals surface area contributed by atoms with Gasteiger partial charge in [-0.25, -0.2) is 19.2 Å². The Morgan fingerprint density at radius 2 is 1.89 bits per heavy atom. The normalized spacial score (nSPS) is 12.1. The number of nitriles is 1. The van der Waals surface area contributed by atoms with Crippen molar-refractivity contribution in [3.8, 4) is 17.3 Å². The summed E-state index contributed by atoms with van der Waals surface area (Å²) in [5, 5.41) is 22.0. The van der Waals surface area contributed by atoms with Gasteiger partial charge in [0.2, 0.25) is 11.9 Å². The molecule has 0 unspecified atom stereocenters. The lowest BCUT2D eigenvalue weighted by Gasteiger charge is -2.19. The molecule has 37 heavy (non-hydrogen) atoms. The van der Waals surface area contributed by atoms with E-state index in [1.807, 2.05) is 6.07 Å². The van der Waals surface area contributed by atoms with Crippen molar-refractivity contribution in [1.82, 2.24) is 9.97 Å². The third-order valence-corrected chi connectivity index (χ3v) is 6.12. The molecule has 1 aromatic heterocycles. The van der Waals surface area contributed by atoms with Gasteiger partial charge < -0.3 is 15.3 Å². The van der Waals surface area contributed by atoms with Crippen LogP contribution in [-0.4, -0.2) is 33.5 Å². The van der Waals surface area contributed by atoms with Crippen LogP contribution in [0.5, 0.6) is 0 Å². The highest BCUT2D eigenvalue weighted by atomic mass is 19.1. The average molecular weight is 493 g/mol. The van der Waals surface area contributed by atoms with Crippen LogP contribution in [0.4, 0.5) is 21.7 Å². The molecule has 182 valence electrons. The van der Waals surface area contributed by atoms with E-state index >= 15 is 0 Å². The molecule has 0 spiro atoms. The monoisotopic (exact) mass is 493 g/mol. The Bertz CT molecular complexity index is 1560. The van der Waals surface area contributed by atoms with Gasteiger partial charge in [-0.1, -0.05) is 18.2 Å². The number of rotatable bonds is 6. The molecule has 3 aromatic carbocycles. The van der Waals surface area contributed by atoms with E-state index in [1.165, 1.54) is 18.2 Å². The summed E-state index contributed by atoms with van der Waals surface area (Å²) in [7, 11) is 0. The van der Waals surface area contributed by atoms with Crippen molar-refractivity contribution in [3.63, 3.8) is 0 Å². The molecule has 0 saturated carbocycles. The van der Waals surface area contributed by atoms with Gasteiger partial charge in [0, 0.05) is 24.0 Å². The summed E-state index contributed by atoms with van der Waals surface area (Å²) in [6.45, 7) is 0.406. The maximum atomic E-state index is 14.1. The molecule has 4 aromatic rings. The quantitative estimate of drug-likeness (QED) is 0.399. The number of hydrogen-bond donors (Lipinski definition) is 2. The Labute approximate surface area is 211 Å². The van der Waals surface area contributed by atoms with Gasteiger partial charge in [-0.15, -0.1) is 0 Å². The number of carboxylic acids is 1. The number of nitrogens with zero attached hydrogens (tertiary/aromatic N) is 4. The van der Waals surface area contributed by atoms with Crippen LogP contribution in [0.15, 0.2) is 72.9 Å². The third kappa shape index (κ3) is 4.86. The predicted octanol–water partition coefficient (Wildman–Crippen LogP) is 4.73. The van der Waals surface area contributed by atoms with Crippen LogP contribution in [0.25, 0.3) is 11.3 Å². The van der Waals surface area contributed by atoms with E-state index in [9.17, 15) is 19.2 Å². The van der Waals surface area contributed by atoms with Crippen molar-refractivity contribution in [2.45, 2.75) is 12.8 Å². The molecule has 0 saturated heterocycles. The van der Waals surface area contributed by atoms with Crippen molar-refractivity contribution < 1.29 is 19.1 Å². The maximum absolute atomic E-state index is 14.1. The molecule has 9 heteroatoms. The van der Waals surface area contributed by atoms with Gasteiger partial charge in [0.05, 0.1) is 28.9 Å². The number of nitrogens with one attached hydrogen (secondary N) is 1. The molecule has 0 fully saturated rings. The first kappa shape index (κ1) is 23.6. The van der Waals surface area contributed by atoms with E-state index < -0.39 is 11.8 Å². The molecule has 8 nitrogen and oxygen atoms in total. The lowest BCUT2D eigenvalue weighted by Crippen LogP contribution is -2.31. The lowest BCUT2D eigenvalue weighted by molar-refractivity contribution is -0.117. The molecule has 1 aliphatic rings. The first-order valence-electron chi connectivity index (χ1n) is 11.5. The van der Waals surface area contributed by atoms with Crippen molar-refractivity contribution in [1.29, 1.82) is 5.26 Å². The fourth-order valence-electron chi connectivity index (χ4n) is 4.34. The summed E-state index contributed by atoms with van der Waals surface area (Å²) < 4.78 is 14.1. The molecular formula is C28H20FN5O3. The second kappa shape index (κ2) is 9.87. The van der Waals surface area contributed by atoms with E-state index in [4.69, 9.17) is 5.11 Å². The third-order valence-electron chi connectivity index (χ3n) is 6.12. The number of carboxylic acid groups (broad SMARTS) is 1. The minimum atomic E-state index is -1.01. The summed E-state index contributed by atoms with van der Waals surface area (Å²) >= 11 is 0. The van der Waals surface area contributed by atoms with E-state index in [0.29, 0.717) is 52.7 Å². The van der Waals surface area contributed by atoms with E-state index in [-0.39, 0.29) is 17.9 Å². The molecule has 0 bridgehead atoms. The topological polar surface area (TPSA) is 119 Å². The van der Waals surface area contributed by atoms with Gasteiger partial charge in [-0.3, -0.25) is 4.79 Å². The number of anilines is 3. The van der Waals surface area contributed by atoms with Crippen LogP contribution >= 0.6 is 0 Å². The van der Waals surface area contributed by atoms with Crippen LogP contribution in [-0.2, 0) is 17.6 Å². The van der Waals surface area contributed by atoms with Crippen molar-refractivity contribution in [2.24, 2.45) is 0 Å². The van der Waals surface area contributed by atoms with Crippen LogP contribution in [0.2, 0.25) is 0 Å². The highest BCUT2D eigenvalue weighted by molar-refractivity contribution is 5.98. The smallest absolute Gasteiger partial charge is 0.335 e. The van der Waals surface area contributed by atoms with Crippen molar-refractivity contribution in [3.05, 3.63) is 101 Å². The molecule has 0 radical (unpaired) electrons. The predicted molar refractivity (Wildman–Crippen MR) is 135 cm³/mol. The molecule has 0 atom stereocenters. The highest BCUT2D eigenvalue weighted by Crippen LogP contribution is 2.36. The molecule has 2 N–H and O–H groups in total. The van der Waals surface area contributed by atoms with Crippen molar-refractivity contribution >= 4 is 29.2 Å². The fraction of sp³-hybridized carbons (Fsp3) is 0.107. The van der Waals surface area contributed by atoms with Gasteiger partial charge in [0.25, 0.3) is 0 Å². The Balaban J connectivity index is 1.40. The summed E-state index contributed by atoms with van der Waals surface area (Å²) in [5.74, 6) is -1.41. The molecule has 2 heterocycles. The summed E-state index contributed by atoms with van der Waals surface area (Å²) in [4.78, 5) is 34.4. The Morgan fingerprint density at radius 1 is 1.11 bits per heavy atom. The first-order valence-corrected chi connectivity index (χ1v) is 11.5. The minimum absolute atomic E-state index is 0.0902. The summed E-state index contributed by atoms with van der Waals surface area (Å²) in [5.41, 5.74) is 4.12. The summed E-state index contributed by atoms with van der Waals surface area (Å²) in [6, 6.07) is 19.9. The van der Waals surface area contributed by atoms with E-state index in [0.717, 1.165) is 5.56 Å². The molecule has 1 aliphatic heterocycles. The maximum Gasteiger partial charge on any atom is 0.335 e. The van der Waals surface area contributed by atoms with Gasteiger partial charge in [0.15, 0.2) is 0 Å². The molecular weight excluding hydrogens is 473 g/mol. The Hall–Kier alpha value is -5.10. The number of hydrogen-bond acceptors (Lipinski definition) is 6. The van der Waals surface area contributed by atoms with Crippen LogP contribution in [0.3, 0.4) is 0 Å². The van der Waals surface area contributed by atoms with Gasteiger partial charge >= 0.3 is 5.97 Å². The van der Waals surface area contributed by atoms with Gasteiger partial charge in [-0.05, 0) is 66.1 Å². The number of aromatic nitrogens is 2. The zero-order valence-electron chi connectivity index (χ0n) is 19.5. The second-order valence-corrected chi connectivity index (χ2v) is 8.48. The number of carbonyl (C=O) groups excluding carboxylic acids is 1. The number of halogens is 1. The molecule has 1 amide bonds. The van der Waals surface area contributed by atoms with Crippen LogP contribution in [0, 0.1) is 17.1 Å². The van der Waals surface area contributed by atoms with Crippen molar-refractivity contribution in [2.75, 3.05) is 16.8 Å². The largest absolute Gasteiger partial charge is 0.478 e. The van der Waals surface area contributed by atoms with Crippen LogP contribution < -0.4 is 10.2 Å². The highest BCUT2D eigenvalue weighted by Gasteiger charge is 2.29. The van der Waals surface area contributed by atoms with Gasteiger partial charge in [0.1, 0.15) is 11.9 Å². The number of carbonyl (C=O) groups is 2. The average Bonchev–Trinajstić information content (AvgIpc) is 3.34. The zero-order chi connectivity index (χ0) is 25.9. The van der Waals surface area contributed by atoms with Gasteiger partial charge in [-0.2, -0.15) is 5.26 Å². The zero-order valence-corrected chi connectivity index (χ0v) is 19.5. The Morgan fingerprint density at radius 3 is 2.62 bits per heavy atom. The minimum Gasteiger partial charge on any atom is -0.478 e. The number of amides is 1.